The monoisotopic (exact) mass is 247 g/mol. The summed E-state index contributed by atoms with van der Waals surface area (Å²) in [6, 6.07) is 3.79. The molecule has 0 saturated heterocycles. The van der Waals surface area contributed by atoms with Crippen molar-refractivity contribution < 1.29 is 14.7 Å². The van der Waals surface area contributed by atoms with Crippen LogP contribution in [0.15, 0.2) is 24.5 Å². The normalized spacial score (nSPS) is 13.1. The average Bonchev–Trinajstić information content (AvgIpc) is 2.36. The second kappa shape index (κ2) is 6.35. The molecule has 0 unspecified atom stereocenters. The van der Waals surface area contributed by atoms with E-state index in [2.05, 4.69) is 10.3 Å². The van der Waals surface area contributed by atoms with Crippen molar-refractivity contribution in [1.29, 1.82) is 5.26 Å². The molecular formula is C12H13N3O3. The zero-order valence-corrected chi connectivity index (χ0v) is 9.83. The Morgan fingerprint density at radius 2 is 2.11 bits per heavy atom. The van der Waals surface area contributed by atoms with Gasteiger partial charge in [0.05, 0.1) is 6.07 Å². The van der Waals surface area contributed by atoms with E-state index in [9.17, 15) is 9.59 Å². The van der Waals surface area contributed by atoms with Gasteiger partial charge in [-0.25, -0.2) is 4.79 Å². The van der Waals surface area contributed by atoms with Gasteiger partial charge in [0.15, 0.2) is 0 Å². The lowest BCUT2D eigenvalue weighted by molar-refractivity contribution is -0.140. The molecule has 0 saturated carbocycles. The number of pyridine rings is 1. The van der Waals surface area contributed by atoms with Crippen LogP contribution in [0.4, 0.5) is 0 Å². The molecule has 1 aromatic rings. The van der Waals surface area contributed by atoms with E-state index in [1.54, 1.807) is 6.92 Å². The molecule has 18 heavy (non-hydrogen) atoms. The first-order valence-corrected chi connectivity index (χ1v) is 5.37. The fourth-order valence-corrected chi connectivity index (χ4v) is 1.44. The Kier molecular flexibility index (Phi) is 4.81. The number of hydrogen-bond donors (Lipinski definition) is 2. The zero-order chi connectivity index (χ0) is 13.5. The number of nitriles is 1. The van der Waals surface area contributed by atoms with Crippen LogP contribution in [-0.4, -0.2) is 28.0 Å². The lowest BCUT2D eigenvalue weighted by atomic mass is 9.98. The van der Waals surface area contributed by atoms with E-state index < -0.39 is 23.8 Å². The number of nitrogens with one attached hydrogen (secondary N) is 1. The number of aliphatic carboxylic acids is 1. The molecule has 1 aromatic heterocycles. The summed E-state index contributed by atoms with van der Waals surface area (Å²) < 4.78 is 0. The molecule has 6 heteroatoms. The number of carboxylic acid groups (broad SMARTS) is 1. The van der Waals surface area contributed by atoms with Gasteiger partial charge in [-0.1, -0.05) is 6.92 Å². The van der Waals surface area contributed by atoms with E-state index in [-0.39, 0.29) is 6.42 Å². The van der Waals surface area contributed by atoms with E-state index in [4.69, 9.17) is 10.4 Å². The van der Waals surface area contributed by atoms with Gasteiger partial charge in [-0.3, -0.25) is 9.78 Å². The van der Waals surface area contributed by atoms with E-state index in [0.29, 0.717) is 5.56 Å². The van der Waals surface area contributed by atoms with Crippen molar-refractivity contribution in [3.63, 3.8) is 0 Å². The second-order valence-corrected chi connectivity index (χ2v) is 3.86. The summed E-state index contributed by atoms with van der Waals surface area (Å²) in [6.45, 7) is 1.61. The number of amides is 1. The summed E-state index contributed by atoms with van der Waals surface area (Å²) >= 11 is 0. The number of carbonyl (C=O) groups excluding carboxylic acids is 1. The molecule has 1 rings (SSSR count). The smallest absolute Gasteiger partial charge is 0.326 e. The molecular weight excluding hydrogens is 234 g/mol. The van der Waals surface area contributed by atoms with Gasteiger partial charge in [-0.2, -0.15) is 5.26 Å². The summed E-state index contributed by atoms with van der Waals surface area (Å²) in [5.41, 5.74) is 0.334. The summed E-state index contributed by atoms with van der Waals surface area (Å²) in [4.78, 5) is 26.6. The summed E-state index contributed by atoms with van der Waals surface area (Å²) in [5, 5.41) is 20.0. The van der Waals surface area contributed by atoms with Gasteiger partial charge in [0.25, 0.3) is 5.91 Å². The third-order valence-corrected chi connectivity index (χ3v) is 2.48. The quantitative estimate of drug-likeness (QED) is 0.801. The van der Waals surface area contributed by atoms with Gasteiger partial charge in [0.2, 0.25) is 0 Å². The minimum Gasteiger partial charge on any atom is -0.480 e. The molecule has 0 radical (unpaired) electrons. The minimum atomic E-state index is -1.15. The number of aromatic nitrogens is 1. The average molecular weight is 247 g/mol. The highest BCUT2D eigenvalue weighted by atomic mass is 16.4. The lowest BCUT2D eigenvalue weighted by Crippen LogP contribution is -2.45. The maximum absolute atomic E-state index is 11.8. The van der Waals surface area contributed by atoms with Crippen LogP contribution < -0.4 is 5.32 Å². The highest BCUT2D eigenvalue weighted by molar-refractivity contribution is 5.96. The van der Waals surface area contributed by atoms with Crippen LogP contribution in [0.5, 0.6) is 0 Å². The Hall–Kier alpha value is -2.42. The van der Waals surface area contributed by atoms with Crippen LogP contribution in [0.3, 0.4) is 0 Å². The first kappa shape index (κ1) is 13.6. The van der Waals surface area contributed by atoms with Crippen molar-refractivity contribution in [3.05, 3.63) is 30.1 Å². The lowest BCUT2D eigenvalue weighted by Gasteiger charge is -2.19. The van der Waals surface area contributed by atoms with Crippen LogP contribution in [-0.2, 0) is 4.79 Å². The number of hydrogen-bond acceptors (Lipinski definition) is 4. The van der Waals surface area contributed by atoms with Crippen molar-refractivity contribution in [2.45, 2.75) is 19.4 Å². The molecule has 1 amide bonds. The van der Waals surface area contributed by atoms with Gasteiger partial charge in [-0.05, 0) is 12.1 Å². The first-order valence-electron chi connectivity index (χ1n) is 5.37. The topological polar surface area (TPSA) is 103 Å². The Bertz CT molecular complexity index is 467. The molecule has 0 aliphatic carbocycles. The highest BCUT2D eigenvalue weighted by Crippen LogP contribution is 2.09. The maximum Gasteiger partial charge on any atom is 0.326 e. The molecule has 2 N–H and O–H groups in total. The van der Waals surface area contributed by atoms with E-state index in [1.807, 2.05) is 6.07 Å². The van der Waals surface area contributed by atoms with Crippen molar-refractivity contribution in [1.82, 2.24) is 10.3 Å². The van der Waals surface area contributed by atoms with Crippen molar-refractivity contribution in [3.8, 4) is 6.07 Å². The van der Waals surface area contributed by atoms with Crippen LogP contribution in [0.2, 0.25) is 0 Å². The minimum absolute atomic E-state index is 0.0631. The van der Waals surface area contributed by atoms with E-state index in [0.717, 1.165) is 0 Å². The second-order valence-electron chi connectivity index (χ2n) is 3.86. The van der Waals surface area contributed by atoms with Crippen molar-refractivity contribution in [2.75, 3.05) is 0 Å². The molecule has 6 nitrogen and oxygen atoms in total. The molecule has 0 aliphatic heterocycles. The number of carboxylic acids is 1. The number of nitrogens with zero attached hydrogens (tertiary/aromatic N) is 2. The van der Waals surface area contributed by atoms with Gasteiger partial charge >= 0.3 is 5.97 Å². The zero-order valence-electron chi connectivity index (χ0n) is 9.83. The fourth-order valence-electron chi connectivity index (χ4n) is 1.44. The van der Waals surface area contributed by atoms with Crippen LogP contribution in [0, 0.1) is 17.2 Å². The third-order valence-electron chi connectivity index (χ3n) is 2.48. The van der Waals surface area contributed by atoms with E-state index >= 15 is 0 Å². The summed E-state index contributed by atoms with van der Waals surface area (Å²) in [6.07, 6.45) is 2.96. The maximum atomic E-state index is 11.8. The van der Waals surface area contributed by atoms with Crippen molar-refractivity contribution >= 4 is 11.9 Å². The third kappa shape index (κ3) is 3.56. The van der Waals surface area contributed by atoms with Gasteiger partial charge < -0.3 is 10.4 Å². The van der Waals surface area contributed by atoms with Gasteiger partial charge in [-0.15, -0.1) is 0 Å². The molecule has 0 aliphatic rings. The summed E-state index contributed by atoms with van der Waals surface area (Å²) in [7, 11) is 0. The molecule has 2 atom stereocenters. The molecule has 0 fully saturated rings. The largest absolute Gasteiger partial charge is 0.480 e. The van der Waals surface area contributed by atoms with Gasteiger partial charge in [0, 0.05) is 30.3 Å². The van der Waals surface area contributed by atoms with E-state index in [1.165, 1.54) is 24.5 Å². The van der Waals surface area contributed by atoms with Crippen molar-refractivity contribution in [2.24, 2.45) is 5.92 Å². The summed E-state index contributed by atoms with van der Waals surface area (Å²) in [5.74, 6) is -2.10. The molecule has 94 valence electrons. The SMILES string of the molecule is C[C@@H](CC#N)[C@H](NC(=O)c1ccncc1)C(=O)O. The Morgan fingerprint density at radius 3 is 2.61 bits per heavy atom. The standard InChI is InChI=1S/C12H13N3O3/c1-8(2-5-13)10(12(17)18)15-11(16)9-3-6-14-7-4-9/h3-4,6-8,10H,2H2,1H3,(H,15,16)(H,17,18)/t8-,10-/m0/s1. The van der Waals surface area contributed by atoms with Gasteiger partial charge in [0.1, 0.15) is 6.04 Å². The Balaban J connectivity index is 2.77. The van der Waals surface area contributed by atoms with Crippen LogP contribution >= 0.6 is 0 Å². The Labute approximate surface area is 104 Å². The van der Waals surface area contributed by atoms with Crippen LogP contribution in [0.25, 0.3) is 0 Å². The molecule has 0 aromatic carbocycles. The number of rotatable bonds is 5. The van der Waals surface area contributed by atoms with Crippen LogP contribution in [0.1, 0.15) is 23.7 Å². The molecule has 0 bridgehead atoms. The predicted octanol–water partition coefficient (Wildman–Crippen LogP) is 0.814. The Morgan fingerprint density at radius 1 is 1.50 bits per heavy atom. The first-order chi connectivity index (χ1) is 8.56. The molecule has 0 spiro atoms. The predicted molar refractivity (Wildman–Crippen MR) is 62.5 cm³/mol. The number of carbonyl (C=O) groups is 2. The highest BCUT2D eigenvalue weighted by Gasteiger charge is 2.26. The molecule has 1 heterocycles. The fraction of sp³-hybridized carbons (Fsp3) is 0.333.